The molecule has 0 bridgehead atoms. The highest BCUT2D eigenvalue weighted by molar-refractivity contribution is 6.16. The van der Waals surface area contributed by atoms with Crippen LogP contribution in [0.4, 0.5) is 5.69 Å². The fourth-order valence-corrected chi connectivity index (χ4v) is 1.95. The average molecular weight is 301 g/mol. The number of nitrogens with zero attached hydrogens (tertiary/aromatic N) is 2. The average Bonchev–Trinajstić information content (AvgIpc) is 2.90. The Hall–Kier alpha value is -2.54. The van der Waals surface area contributed by atoms with Crippen molar-refractivity contribution in [2.24, 2.45) is 10.2 Å². The molecule has 22 heavy (non-hydrogen) atoms. The van der Waals surface area contributed by atoms with Crippen LogP contribution in [0.3, 0.4) is 0 Å². The van der Waals surface area contributed by atoms with Gasteiger partial charge in [-0.15, -0.1) is 0 Å². The van der Waals surface area contributed by atoms with Crippen LogP contribution in [0.25, 0.3) is 0 Å². The van der Waals surface area contributed by atoms with E-state index in [1.54, 1.807) is 26.0 Å². The summed E-state index contributed by atoms with van der Waals surface area (Å²) in [7, 11) is 0. The van der Waals surface area contributed by atoms with Gasteiger partial charge < -0.3 is 10.6 Å². The van der Waals surface area contributed by atoms with E-state index in [0.717, 1.165) is 5.71 Å². The van der Waals surface area contributed by atoms with E-state index < -0.39 is 6.04 Å². The van der Waals surface area contributed by atoms with E-state index in [9.17, 15) is 9.59 Å². The number of benzene rings is 1. The third kappa shape index (κ3) is 4.49. The number of hydrogen-bond acceptors (Lipinski definition) is 5. The van der Waals surface area contributed by atoms with Gasteiger partial charge in [-0.05, 0) is 26.0 Å². The van der Waals surface area contributed by atoms with E-state index >= 15 is 0 Å². The largest absolute Gasteiger partial charge is 0.342 e. The van der Waals surface area contributed by atoms with Crippen LogP contribution in [0.15, 0.2) is 40.5 Å². The Morgan fingerprint density at radius 1 is 1.27 bits per heavy atom. The molecule has 1 saturated heterocycles. The number of hydrogen-bond donors (Lipinski definition) is 3. The lowest BCUT2D eigenvalue weighted by Gasteiger charge is -2.11. The summed E-state index contributed by atoms with van der Waals surface area (Å²) in [4.78, 5) is 23.9. The summed E-state index contributed by atoms with van der Waals surface area (Å²) in [6.45, 7) is 3.96. The maximum Gasteiger partial charge on any atom is 0.244 e. The van der Waals surface area contributed by atoms with Crippen molar-refractivity contribution < 1.29 is 9.59 Å². The molecule has 1 atom stereocenters. The molecule has 7 heteroatoms. The van der Waals surface area contributed by atoms with E-state index in [2.05, 4.69) is 26.2 Å². The van der Waals surface area contributed by atoms with Crippen LogP contribution in [0.2, 0.25) is 0 Å². The summed E-state index contributed by atoms with van der Waals surface area (Å²) in [6, 6.07) is 8.51. The molecule has 1 aliphatic heterocycles. The van der Waals surface area contributed by atoms with Crippen molar-refractivity contribution in [3.63, 3.8) is 0 Å². The number of carbonyl (C=O) groups excluding carboxylic acids is 2. The zero-order valence-corrected chi connectivity index (χ0v) is 12.6. The fraction of sp³-hybridized carbons (Fsp3) is 0.333. The zero-order valence-electron chi connectivity index (χ0n) is 12.6. The fourth-order valence-electron chi connectivity index (χ4n) is 1.95. The highest BCUT2D eigenvalue weighted by Crippen LogP contribution is 2.07. The smallest absolute Gasteiger partial charge is 0.244 e. The maximum atomic E-state index is 12.1. The molecule has 1 aromatic carbocycles. The summed E-state index contributed by atoms with van der Waals surface area (Å²) < 4.78 is 0. The molecule has 1 aliphatic rings. The van der Waals surface area contributed by atoms with Crippen LogP contribution in [0.1, 0.15) is 20.3 Å². The van der Waals surface area contributed by atoms with Gasteiger partial charge >= 0.3 is 0 Å². The summed E-state index contributed by atoms with van der Waals surface area (Å²) in [5.41, 5.74) is 1.84. The molecular weight excluding hydrogens is 282 g/mol. The predicted octanol–water partition coefficient (Wildman–Crippen LogP) is 0.897. The van der Waals surface area contributed by atoms with E-state index in [1.807, 2.05) is 18.2 Å². The molecule has 0 spiro atoms. The highest BCUT2D eigenvalue weighted by atomic mass is 16.2. The Morgan fingerprint density at radius 3 is 2.59 bits per heavy atom. The van der Waals surface area contributed by atoms with Gasteiger partial charge in [0, 0.05) is 11.4 Å². The Kier molecular flexibility index (Phi) is 5.37. The lowest BCUT2D eigenvalue weighted by molar-refractivity contribution is -0.119. The van der Waals surface area contributed by atoms with Crippen molar-refractivity contribution in [1.29, 1.82) is 0 Å². The number of nitrogens with one attached hydrogen (secondary N) is 3. The van der Waals surface area contributed by atoms with Crippen molar-refractivity contribution in [2.75, 3.05) is 12.0 Å². The van der Waals surface area contributed by atoms with Gasteiger partial charge in [-0.1, -0.05) is 18.2 Å². The zero-order chi connectivity index (χ0) is 15.9. The highest BCUT2D eigenvalue weighted by Gasteiger charge is 2.30. The van der Waals surface area contributed by atoms with Crippen molar-refractivity contribution >= 4 is 28.9 Å². The number of carbonyl (C=O) groups is 2. The SMILES string of the molecule is CC(C)=NN=C(CC(=O)Nc1ccccc1)C1NCNC1=O. The molecule has 0 saturated carbocycles. The topological polar surface area (TPSA) is 94.9 Å². The van der Waals surface area contributed by atoms with Crippen LogP contribution in [-0.4, -0.2) is 35.9 Å². The van der Waals surface area contributed by atoms with Gasteiger partial charge in [-0.2, -0.15) is 10.2 Å². The number of rotatable bonds is 5. The van der Waals surface area contributed by atoms with Crippen molar-refractivity contribution in [1.82, 2.24) is 10.6 Å². The molecule has 0 aromatic heterocycles. The van der Waals surface area contributed by atoms with E-state index in [-0.39, 0.29) is 18.2 Å². The van der Waals surface area contributed by atoms with Crippen LogP contribution in [-0.2, 0) is 9.59 Å². The van der Waals surface area contributed by atoms with Crippen LogP contribution >= 0.6 is 0 Å². The maximum absolute atomic E-state index is 12.1. The summed E-state index contributed by atoms with van der Waals surface area (Å²) in [5, 5.41) is 16.4. The Bertz CT molecular complexity index is 606. The molecule has 3 N–H and O–H groups in total. The second-order valence-electron chi connectivity index (χ2n) is 5.08. The molecule has 1 unspecified atom stereocenters. The van der Waals surface area contributed by atoms with Gasteiger partial charge in [0.05, 0.1) is 18.8 Å². The molecule has 2 amide bonds. The van der Waals surface area contributed by atoms with Crippen LogP contribution in [0, 0.1) is 0 Å². The van der Waals surface area contributed by atoms with Gasteiger partial charge in [0.15, 0.2) is 0 Å². The number of amides is 2. The van der Waals surface area contributed by atoms with Crippen molar-refractivity contribution in [2.45, 2.75) is 26.3 Å². The Balaban J connectivity index is 2.09. The van der Waals surface area contributed by atoms with E-state index in [1.165, 1.54) is 0 Å². The lowest BCUT2D eigenvalue weighted by Crippen LogP contribution is -2.38. The van der Waals surface area contributed by atoms with Crippen LogP contribution in [0.5, 0.6) is 0 Å². The molecule has 1 heterocycles. The van der Waals surface area contributed by atoms with Gasteiger partial charge in [0.1, 0.15) is 6.04 Å². The minimum Gasteiger partial charge on any atom is -0.342 e. The van der Waals surface area contributed by atoms with Crippen molar-refractivity contribution in [3.8, 4) is 0 Å². The van der Waals surface area contributed by atoms with Gasteiger partial charge in [0.2, 0.25) is 11.8 Å². The molecule has 2 rings (SSSR count). The van der Waals surface area contributed by atoms with Crippen molar-refractivity contribution in [3.05, 3.63) is 30.3 Å². The van der Waals surface area contributed by atoms with E-state index in [4.69, 9.17) is 0 Å². The lowest BCUT2D eigenvalue weighted by atomic mass is 10.1. The Labute approximate surface area is 128 Å². The molecule has 7 nitrogen and oxygen atoms in total. The minimum absolute atomic E-state index is 0.00321. The molecule has 0 radical (unpaired) electrons. The minimum atomic E-state index is -0.621. The molecule has 0 aliphatic carbocycles. The molecule has 1 aromatic rings. The first-order valence-corrected chi connectivity index (χ1v) is 7.00. The van der Waals surface area contributed by atoms with Gasteiger partial charge in [-0.3, -0.25) is 14.9 Å². The molecule has 116 valence electrons. The first-order valence-electron chi connectivity index (χ1n) is 7.00. The Morgan fingerprint density at radius 2 is 2.00 bits per heavy atom. The van der Waals surface area contributed by atoms with Gasteiger partial charge in [-0.25, -0.2) is 0 Å². The molecular formula is C15H19N5O2. The first kappa shape index (κ1) is 15.8. The second kappa shape index (κ2) is 7.46. The van der Waals surface area contributed by atoms with Crippen LogP contribution < -0.4 is 16.0 Å². The van der Waals surface area contributed by atoms with Gasteiger partial charge in [0.25, 0.3) is 0 Å². The third-order valence-corrected chi connectivity index (χ3v) is 2.94. The quantitative estimate of drug-likeness (QED) is 0.557. The third-order valence-electron chi connectivity index (χ3n) is 2.94. The standard InChI is InChI=1S/C15H19N5O2/c1-10(2)19-20-12(14-15(22)17-9-16-14)8-13(21)18-11-6-4-3-5-7-11/h3-7,14,16H,8-9H2,1-2H3,(H,17,22)(H,18,21). The summed E-state index contributed by atoms with van der Waals surface area (Å²) in [6.07, 6.45) is -0.00321. The molecule has 1 fully saturated rings. The number of anilines is 1. The second-order valence-corrected chi connectivity index (χ2v) is 5.08. The number of para-hydroxylation sites is 1. The summed E-state index contributed by atoms with van der Waals surface area (Å²) >= 11 is 0. The predicted molar refractivity (Wildman–Crippen MR) is 85.8 cm³/mol. The normalized spacial score (nSPS) is 17.8. The summed E-state index contributed by atoms with van der Waals surface area (Å²) in [5.74, 6) is -0.439. The first-order chi connectivity index (χ1) is 10.6. The van der Waals surface area contributed by atoms with E-state index in [0.29, 0.717) is 18.1 Å². The monoisotopic (exact) mass is 301 g/mol.